The number of methoxy groups -OCH3 is 1. The van der Waals surface area contributed by atoms with Crippen LogP contribution in [0.3, 0.4) is 0 Å². The zero-order valence-electron chi connectivity index (χ0n) is 14.0. The Kier molecular flexibility index (Phi) is 5.24. The number of nitrogens with one attached hydrogen (secondary N) is 1. The summed E-state index contributed by atoms with van der Waals surface area (Å²) < 4.78 is 5.12. The Hall–Kier alpha value is -2.82. The standard InChI is InChI=1S/C19H21NO4/c1-13-11-15(24-3)9-10-16(13)17(21)20-12-19(2,18(22)23)14-7-5-4-6-8-14/h4-11H,12H2,1-3H3,(H,20,21)(H,22,23). The zero-order chi connectivity index (χ0) is 17.7. The van der Waals surface area contributed by atoms with E-state index < -0.39 is 11.4 Å². The average molecular weight is 327 g/mol. The van der Waals surface area contributed by atoms with Gasteiger partial charge in [0.05, 0.1) is 7.11 Å². The number of carboxylic acid groups (broad SMARTS) is 1. The van der Waals surface area contributed by atoms with Gasteiger partial charge in [0.25, 0.3) is 5.91 Å². The minimum atomic E-state index is -1.20. The molecular weight excluding hydrogens is 306 g/mol. The molecule has 0 aliphatic carbocycles. The van der Waals surface area contributed by atoms with E-state index in [0.29, 0.717) is 16.9 Å². The maximum atomic E-state index is 12.4. The molecule has 0 aromatic heterocycles. The number of ether oxygens (including phenoxy) is 1. The monoisotopic (exact) mass is 327 g/mol. The molecule has 5 nitrogen and oxygen atoms in total. The van der Waals surface area contributed by atoms with E-state index in [9.17, 15) is 14.7 Å². The van der Waals surface area contributed by atoms with E-state index in [2.05, 4.69) is 5.32 Å². The molecular formula is C19H21NO4. The van der Waals surface area contributed by atoms with E-state index in [1.165, 1.54) is 0 Å². The van der Waals surface area contributed by atoms with Crippen LogP contribution in [0.15, 0.2) is 48.5 Å². The van der Waals surface area contributed by atoms with Crippen molar-refractivity contribution in [3.8, 4) is 5.75 Å². The first-order chi connectivity index (χ1) is 11.4. The van der Waals surface area contributed by atoms with Crippen LogP contribution in [0.4, 0.5) is 0 Å². The minimum Gasteiger partial charge on any atom is -0.497 e. The van der Waals surface area contributed by atoms with Crippen molar-refractivity contribution < 1.29 is 19.4 Å². The van der Waals surface area contributed by atoms with Gasteiger partial charge in [0, 0.05) is 12.1 Å². The van der Waals surface area contributed by atoms with Gasteiger partial charge in [0.15, 0.2) is 0 Å². The molecule has 2 aromatic carbocycles. The second kappa shape index (κ2) is 7.17. The minimum absolute atomic E-state index is 0.00332. The Morgan fingerprint density at radius 2 is 1.83 bits per heavy atom. The molecule has 0 bridgehead atoms. The number of carbonyl (C=O) groups excluding carboxylic acids is 1. The summed E-state index contributed by atoms with van der Waals surface area (Å²) in [6.45, 7) is 3.41. The van der Waals surface area contributed by atoms with Crippen LogP contribution in [-0.4, -0.2) is 30.6 Å². The van der Waals surface area contributed by atoms with Gasteiger partial charge < -0.3 is 15.2 Å². The maximum Gasteiger partial charge on any atom is 0.315 e. The summed E-state index contributed by atoms with van der Waals surface area (Å²) in [5, 5.41) is 12.4. The first-order valence-corrected chi connectivity index (χ1v) is 7.60. The quantitative estimate of drug-likeness (QED) is 0.855. The molecule has 5 heteroatoms. The van der Waals surface area contributed by atoms with E-state index in [1.54, 1.807) is 56.5 Å². The molecule has 0 saturated heterocycles. The molecule has 2 aromatic rings. The Balaban J connectivity index is 2.18. The van der Waals surface area contributed by atoms with Crippen LogP contribution in [0.25, 0.3) is 0 Å². The average Bonchev–Trinajstić information content (AvgIpc) is 2.59. The number of rotatable bonds is 6. The molecule has 2 rings (SSSR count). The summed E-state index contributed by atoms with van der Waals surface area (Å²) >= 11 is 0. The summed E-state index contributed by atoms with van der Waals surface area (Å²) in [7, 11) is 1.56. The van der Waals surface area contributed by atoms with Gasteiger partial charge in [0.2, 0.25) is 0 Å². The van der Waals surface area contributed by atoms with Crippen molar-refractivity contribution in [1.82, 2.24) is 5.32 Å². The van der Waals surface area contributed by atoms with Crippen molar-refractivity contribution in [1.29, 1.82) is 0 Å². The molecule has 0 radical (unpaired) electrons. The predicted octanol–water partition coefficient (Wildman–Crippen LogP) is 2.78. The largest absolute Gasteiger partial charge is 0.497 e. The van der Waals surface area contributed by atoms with Crippen molar-refractivity contribution in [2.24, 2.45) is 0 Å². The number of amides is 1. The Morgan fingerprint density at radius 3 is 2.38 bits per heavy atom. The third-order valence-corrected chi connectivity index (χ3v) is 4.16. The lowest BCUT2D eigenvalue weighted by molar-refractivity contribution is -0.142. The number of carboxylic acids is 1. The number of hydrogen-bond acceptors (Lipinski definition) is 3. The smallest absolute Gasteiger partial charge is 0.315 e. The lowest BCUT2D eigenvalue weighted by Gasteiger charge is -2.26. The normalized spacial score (nSPS) is 13.0. The van der Waals surface area contributed by atoms with Gasteiger partial charge in [0.1, 0.15) is 11.2 Å². The predicted molar refractivity (Wildman–Crippen MR) is 91.5 cm³/mol. The van der Waals surface area contributed by atoms with Gasteiger partial charge in [-0.15, -0.1) is 0 Å². The number of carbonyl (C=O) groups is 2. The third-order valence-electron chi connectivity index (χ3n) is 4.16. The SMILES string of the molecule is COc1ccc(C(=O)NCC(C)(C(=O)O)c2ccccc2)c(C)c1. The Labute approximate surface area is 141 Å². The summed E-state index contributed by atoms with van der Waals surface area (Å²) in [4.78, 5) is 24.2. The lowest BCUT2D eigenvalue weighted by atomic mass is 9.82. The highest BCUT2D eigenvalue weighted by molar-refractivity contribution is 5.96. The number of benzene rings is 2. The fourth-order valence-electron chi connectivity index (χ4n) is 2.48. The highest BCUT2D eigenvalue weighted by Crippen LogP contribution is 2.24. The second-order valence-electron chi connectivity index (χ2n) is 5.87. The van der Waals surface area contributed by atoms with Crippen LogP contribution in [-0.2, 0) is 10.2 Å². The van der Waals surface area contributed by atoms with Crippen LogP contribution in [0.2, 0.25) is 0 Å². The van der Waals surface area contributed by atoms with Crippen molar-refractivity contribution >= 4 is 11.9 Å². The fraction of sp³-hybridized carbons (Fsp3) is 0.263. The molecule has 0 aliphatic rings. The van der Waals surface area contributed by atoms with Crippen LogP contribution < -0.4 is 10.1 Å². The number of aliphatic carboxylic acids is 1. The topological polar surface area (TPSA) is 75.6 Å². The molecule has 0 saturated carbocycles. The van der Waals surface area contributed by atoms with Gasteiger partial charge in [-0.25, -0.2) is 0 Å². The van der Waals surface area contributed by atoms with E-state index >= 15 is 0 Å². The molecule has 2 N–H and O–H groups in total. The molecule has 126 valence electrons. The fourth-order valence-corrected chi connectivity index (χ4v) is 2.48. The van der Waals surface area contributed by atoms with Crippen LogP contribution in [0.1, 0.15) is 28.4 Å². The molecule has 1 unspecified atom stereocenters. The third kappa shape index (κ3) is 3.56. The molecule has 0 heterocycles. The number of hydrogen-bond donors (Lipinski definition) is 2. The van der Waals surface area contributed by atoms with E-state index in [-0.39, 0.29) is 12.5 Å². The Bertz CT molecular complexity index is 742. The van der Waals surface area contributed by atoms with Crippen LogP contribution in [0, 0.1) is 6.92 Å². The molecule has 1 amide bonds. The Morgan fingerprint density at radius 1 is 1.17 bits per heavy atom. The summed E-state index contributed by atoms with van der Waals surface area (Å²) in [5.41, 5.74) is 0.710. The van der Waals surface area contributed by atoms with Gasteiger partial charge in [-0.05, 0) is 43.2 Å². The van der Waals surface area contributed by atoms with Crippen molar-refractivity contribution in [2.75, 3.05) is 13.7 Å². The zero-order valence-corrected chi connectivity index (χ0v) is 14.0. The number of aryl methyl sites for hydroxylation is 1. The van der Waals surface area contributed by atoms with Gasteiger partial charge in [-0.2, -0.15) is 0 Å². The second-order valence-corrected chi connectivity index (χ2v) is 5.87. The summed E-state index contributed by atoms with van der Waals surface area (Å²) in [5.74, 6) is -0.622. The van der Waals surface area contributed by atoms with Gasteiger partial charge >= 0.3 is 5.97 Å². The van der Waals surface area contributed by atoms with Crippen molar-refractivity contribution in [3.63, 3.8) is 0 Å². The van der Waals surface area contributed by atoms with E-state index in [4.69, 9.17) is 4.74 Å². The van der Waals surface area contributed by atoms with Crippen molar-refractivity contribution in [2.45, 2.75) is 19.3 Å². The van der Waals surface area contributed by atoms with E-state index in [1.807, 2.05) is 13.0 Å². The molecule has 0 spiro atoms. The van der Waals surface area contributed by atoms with Crippen LogP contribution >= 0.6 is 0 Å². The first kappa shape index (κ1) is 17.5. The highest BCUT2D eigenvalue weighted by atomic mass is 16.5. The van der Waals surface area contributed by atoms with Crippen LogP contribution in [0.5, 0.6) is 5.75 Å². The van der Waals surface area contributed by atoms with Crippen molar-refractivity contribution in [3.05, 3.63) is 65.2 Å². The highest BCUT2D eigenvalue weighted by Gasteiger charge is 2.35. The maximum absolute atomic E-state index is 12.4. The lowest BCUT2D eigenvalue weighted by Crippen LogP contribution is -2.44. The first-order valence-electron chi connectivity index (χ1n) is 7.60. The molecule has 0 fully saturated rings. The summed E-state index contributed by atoms with van der Waals surface area (Å²) in [6, 6.07) is 14.0. The summed E-state index contributed by atoms with van der Waals surface area (Å²) in [6.07, 6.45) is 0. The molecule has 24 heavy (non-hydrogen) atoms. The van der Waals surface area contributed by atoms with Gasteiger partial charge in [-0.3, -0.25) is 9.59 Å². The molecule has 0 aliphatic heterocycles. The molecule has 1 atom stereocenters. The van der Waals surface area contributed by atoms with Gasteiger partial charge in [-0.1, -0.05) is 30.3 Å². The van der Waals surface area contributed by atoms with E-state index in [0.717, 1.165) is 5.56 Å².